The molecule has 1 aliphatic carbocycles. The second-order valence-electron chi connectivity index (χ2n) is 12.6. The van der Waals surface area contributed by atoms with Crippen LogP contribution in [0.2, 0.25) is 0 Å². The SMILES string of the molecule is CC1c2c([nH]c(N)c2/C=C(\N)c2ccccc2O)CCN1C1CCN(C2CCC(CN3CCNCC3)CC2)CC1. The normalized spacial score (nSPS) is 28.0. The number of nitrogen functional groups attached to an aromatic ring is 1. The van der Waals surface area contributed by atoms with Crippen molar-refractivity contribution in [3.63, 3.8) is 0 Å². The van der Waals surface area contributed by atoms with E-state index in [1.165, 1.54) is 82.5 Å². The fraction of sp³-hybridized carbons (Fsp3) is 0.625. The number of hydrogen-bond donors (Lipinski definition) is 5. The quantitative estimate of drug-likeness (QED) is 0.376. The van der Waals surface area contributed by atoms with Crippen molar-refractivity contribution < 1.29 is 5.11 Å². The number of aromatic nitrogens is 1. The molecule has 3 fully saturated rings. The summed E-state index contributed by atoms with van der Waals surface area (Å²) in [6.45, 7) is 11.9. The third-order valence-corrected chi connectivity index (χ3v) is 10.3. The first-order chi connectivity index (χ1) is 19.5. The van der Waals surface area contributed by atoms with Gasteiger partial charge in [-0.25, -0.2) is 0 Å². The highest BCUT2D eigenvalue weighted by atomic mass is 16.3. The number of nitrogens with one attached hydrogen (secondary N) is 2. The van der Waals surface area contributed by atoms with E-state index >= 15 is 0 Å². The first-order valence-corrected chi connectivity index (χ1v) is 15.7. The molecule has 8 heteroatoms. The van der Waals surface area contributed by atoms with Crippen LogP contribution < -0.4 is 16.8 Å². The molecular weight excluding hydrogens is 498 g/mol. The Balaban J connectivity index is 1.06. The van der Waals surface area contributed by atoms with Gasteiger partial charge in [0, 0.05) is 86.3 Å². The fourth-order valence-corrected chi connectivity index (χ4v) is 8.02. The summed E-state index contributed by atoms with van der Waals surface area (Å²) in [5.74, 6) is 1.75. The average Bonchev–Trinajstić information content (AvgIpc) is 3.30. The zero-order valence-electron chi connectivity index (χ0n) is 24.2. The molecule has 2 saturated heterocycles. The summed E-state index contributed by atoms with van der Waals surface area (Å²) in [5, 5.41) is 13.8. The van der Waals surface area contributed by atoms with Crippen molar-refractivity contribution in [1.29, 1.82) is 0 Å². The maximum atomic E-state index is 10.3. The number of phenolic OH excluding ortho intramolecular Hbond substituents is 1. The van der Waals surface area contributed by atoms with Gasteiger partial charge < -0.3 is 36.7 Å². The van der Waals surface area contributed by atoms with E-state index in [9.17, 15) is 5.11 Å². The Bertz CT molecular complexity index is 1170. The number of hydrogen-bond acceptors (Lipinski definition) is 7. The van der Waals surface area contributed by atoms with Crippen LogP contribution in [0.1, 0.15) is 73.9 Å². The number of nitrogens with two attached hydrogens (primary N) is 2. The van der Waals surface area contributed by atoms with Gasteiger partial charge in [-0.05, 0) is 88.2 Å². The average molecular weight is 548 g/mol. The molecule has 6 rings (SSSR count). The predicted molar refractivity (Wildman–Crippen MR) is 164 cm³/mol. The Kier molecular flexibility index (Phi) is 8.40. The van der Waals surface area contributed by atoms with E-state index < -0.39 is 0 Å². The molecule has 1 unspecified atom stereocenters. The van der Waals surface area contributed by atoms with Gasteiger partial charge >= 0.3 is 0 Å². The molecule has 3 aliphatic heterocycles. The molecule has 1 saturated carbocycles. The molecule has 8 nitrogen and oxygen atoms in total. The molecule has 0 radical (unpaired) electrons. The van der Waals surface area contributed by atoms with Crippen LogP contribution in [0.15, 0.2) is 24.3 Å². The number of piperidine rings is 1. The van der Waals surface area contributed by atoms with Crippen LogP contribution in [-0.2, 0) is 6.42 Å². The van der Waals surface area contributed by atoms with E-state index in [1.54, 1.807) is 6.07 Å². The molecule has 1 aromatic carbocycles. The zero-order valence-corrected chi connectivity index (χ0v) is 24.2. The summed E-state index contributed by atoms with van der Waals surface area (Å²) in [7, 11) is 0. The maximum absolute atomic E-state index is 10.3. The molecule has 0 bridgehead atoms. The molecule has 4 heterocycles. The zero-order chi connectivity index (χ0) is 27.6. The maximum Gasteiger partial charge on any atom is 0.124 e. The van der Waals surface area contributed by atoms with Gasteiger partial charge in [0.15, 0.2) is 0 Å². The minimum Gasteiger partial charge on any atom is -0.507 e. The van der Waals surface area contributed by atoms with E-state index in [-0.39, 0.29) is 11.8 Å². The second kappa shape index (κ2) is 12.1. The summed E-state index contributed by atoms with van der Waals surface area (Å²) in [5.41, 5.74) is 17.6. The molecule has 0 spiro atoms. The third-order valence-electron chi connectivity index (χ3n) is 10.3. The Labute approximate surface area is 239 Å². The molecule has 218 valence electrons. The number of aromatic hydroxyl groups is 1. The Morgan fingerprint density at radius 3 is 2.42 bits per heavy atom. The predicted octanol–water partition coefficient (Wildman–Crippen LogP) is 3.61. The van der Waals surface area contributed by atoms with Gasteiger partial charge in [-0.15, -0.1) is 0 Å². The van der Waals surface area contributed by atoms with Gasteiger partial charge in [0.05, 0.1) is 0 Å². The van der Waals surface area contributed by atoms with Crippen LogP contribution in [0, 0.1) is 5.92 Å². The van der Waals surface area contributed by atoms with Crippen molar-refractivity contribution in [2.75, 3.05) is 58.1 Å². The van der Waals surface area contributed by atoms with Crippen LogP contribution in [0.25, 0.3) is 11.8 Å². The third kappa shape index (κ3) is 5.77. The van der Waals surface area contributed by atoms with Gasteiger partial charge in [-0.2, -0.15) is 0 Å². The molecule has 0 amide bonds. The lowest BCUT2D eigenvalue weighted by atomic mass is 9.83. The van der Waals surface area contributed by atoms with Gasteiger partial charge in [0.2, 0.25) is 0 Å². The Hall–Kier alpha value is -2.52. The molecule has 1 atom stereocenters. The molecule has 1 aromatic heterocycles. The molecule has 2 aromatic rings. The molecule has 4 aliphatic rings. The minimum atomic E-state index is 0.189. The molecule has 7 N–H and O–H groups in total. The number of benzene rings is 1. The lowest BCUT2D eigenvalue weighted by molar-refractivity contribution is 0.0412. The largest absolute Gasteiger partial charge is 0.507 e. The highest BCUT2D eigenvalue weighted by Gasteiger charge is 2.36. The number of rotatable bonds is 6. The van der Waals surface area contributed by atoms with Gasteiger partial charge in [0.25, 0.3) is 0 Å². The number of aromatic amines is 1. The van der Waals surface area contributed by atoms with Crippen LogP contribution in [-0.4, -0.2) is 89.2 Å². The van der Waals surface area contributed by atoms with Crippen molar-refractivity contribution in [2.45, 2.75) is 70.0 Å². The topological polar surface area (TPSA) is 110 Å². The molecule has 40 heavy (non-hydrogen) atoms. The first kappa shape index (κ1) is 27.6. The minimum absolute atomic E-state index is 0.189. The summed E-state index contributed by atoms with van der Waals surface area (Å²) in [4.78, 5) is 11.6. The lowest BCUT2D eigenvalue weighted by Gasteiger charge is -2.46. The van der Waals surface area contributed by atoms with Gasteiger partial charge in [-0.1, -0.05) is 12.1 Å². The summed E-state index contributed by atoms with van der Waals surface area (Å²) < 4.78 is 0. The second-order valence-corrected chi connectivity index (χ2v) is 12.6. The van der Waals surface area contributed by atoms with E-state index in [0.29, 0.717) is 23.1 Å². The van der Waals surface area contributed by atoms with Crippen LogP contribution in [0.3, 0.4) is 0 Å². The number of piperazine rings is 1. The number of para-hydroxylation sites is 1. The number of likely N-dealkylation sites (tertiary alicyclic amines) is 1. The van der Waals surface area contributed by atoms with Crippen molar-refractivity contribution in [3.8, 4) is 5.75 Å². The van der Waals surface area contributed by atoms with Crippen molar-refractivity contribution in [3.05, 3.63) is 46.6 Å². The first-order valence-electron chi connectivity index (χ1n) is 15.7. The van der Waals surface area contributed by atoms with E-state index in [4.69, 9.17) is 11.5 Å². The van der Waals surface area contributed by atoms with Crippen LogP contribution in [0.4, 0.5) is 5.82 Å². The van der Waals surface area contributed by atoms with Crippen molar-refractivity contribution >= 4 is 17.6 Å². The van der Waals surface area contributed by atoms with Crippen molar-refractivity contribution in [2.24, 2.45) is 11.7 Å². The van der Waals surface area contributed by atoms with Gasteiger partial charge in [0.1, 0.15) is 11.6 Å². The standard InChI is InChI=1S/C32H49N7O/c1-22-31-27(20-28(33)26-4-2-3-5-30(26)40)32(34)36-29(31)12-17-39(22)25-10-15-38(16-11-25)24-8-6-23(7-9-24)21-37-18-13-35-14-19-37/h2-5,20,22-25,35-36,40H,6-19,21,33-34H2,1H3/b28-20-. The number of H-pyrrole nitrogens is 1. The fourth-order valence-electron chi connectivity index (χ4n) is 8.02. The van der Waals surface area contributed by atoms with E-state index in [0.717, 1.165) is 43.6 Å². The summed E-state index contributed by atoms with van der Waals surface area (Å²) >= 11 is 0. The van der Waals surface area contributed by atoms with Crippen LogP contribution >= 0.6 is 0 Å². The number of anilines is 1. The number of phenols is 1. The molecular formula is C32H49N7O. The van der Waals surface area contributed by atoms with E-state index in [2.05, 4.69) is 31.9 Å². The summed E-state index contributed by atoms with van der Waals surface area (Å²) in [6, 6.07) is 8.88. The highest BCUT2D eigenvalue weighted by molar-refractivity contribution is 5.86. The summed E-state index contributed by atoms with van der Waals surface area (Å²) in [6.07, 6.45) is 11.0. The Morgan fingerprint density at radius 2 is 1.70 bits per heavy atom. The highest BCUT2D eigenvalue weighted by Crippen LogP contribution is 2.40. The van der Waals surface area contributed by atoms with Crippen LogP contribution in [0.5, 0.6) is 5.75 Å². The lowest BCUT2D eigenvalue weighted by Crippen LogP contribution is -2.51. The number of nitrogens with zero attached hydrogens (tertiary/aromatic N) is 3. The number of fused-ring (bicyclic) bond motifs is 1. The monoisotopic (exact) mass is 547 g/mol. The van der Waals surface area contributed by atoms with E-state index in [1.807, 2.05) is 24.3 Å². The van der Waals surface area contributed by atoms with Gasteiger partial charge in [-0.3, -0.25) is 4.90 Å². The Morgan fingerprint density at radius 1 is 0.975 bits per heavy atom. The van der Waals surface area contributed by atoms with Crippen molar-refractivity contribution in [1.82, 2.24) is 25.0 Å². The smallest absolute Gasteiger partial charge is 0.124 e.